The normalized spacial score (nSPS) is 13.6. The Morgan fingerprint density at radius 1 is 1.15 bits per heavy atom. The Balaban J connectivity index is 1.54. The van der Waals surface area contributed by atoms with Gasteiger partial charge in [-0.05, 0) is 36.5 Å². The van der Waals surface area contributed by atoms with Crippen LogP contribution in [0, 0.1) is 11.7 Å². The molecule has 3 heterocycles. The van der Waals surface area contributed by atoms with E-state index in [1.54, 1.807) is 18.5 Å². The maximum Gasteiger partial charge on any atom is 0.316 e. The van der Waals surface area contributed by atoms with Crippen LogP contribution in [-0.2, 0) is 6.54 Å². The molecule has 0 N–H and O–H groups in total. The molecule has 1 saturated carbocycles. The molecule has 8 heteroatoms. The fourth-order valence-corrected chi connectivity index (χ4v) is 2.43. The van der Waals surface area contributed by atoms with Crippen LogP contribution in [0.1, 0.15) is 18.4 Å². The van der Waals surface area contributed by atoms with Crippen molar-refractivity contribution in [1.82, 2.24) is 24.7 Å². The van der Waals surface area contributed by atoms with Gasteiger partial charge in [0.25, 0.3) is 5.56 Å². The SMILES string of the molecule is O=c1ccc(-c2cnc(OCC3CC3)nc2)nn1Cc1cncc(F)c1. The minimum absolute atomic E-state index is 0.126. The van der Waals surface area contributed by atoms with E-state index in [0.29, 0.717) is 35.4 Å². The van der Waals surface area contributed by atoms with E-state index in [-0.39, 0.29) is 12.1 Å². The van der Waals surface area contributed by atoms with Crippen LogP contribution >= 0.6 is 0 Å². The van der Waals surface area contributed by atoms with Crippen molar-refractivity contribution in [2.45, 2.75) is 19.4 Å². The van der Waals surface area contributed by atoms with Crippen molar-refractivity contribution >= 4 is 0 Å². The van der Waals surface area contributed by atoms with Gasteiger partial charge >= 0.3 is 6.01 Å². The zero-order chi connectivity index (χ0) is 17.9. The molecule has 0 spiro atoms. The lowest BCUT2D eigenvalue weighted by molar-refractivity contribution is 0.276. The van der Waals surface area contributed by atoms with Crippen LogP contribution in [-0.4, -0.2) is 31.3 Å². The molecule has 0 aliphatic heterocycles. The molecule has 0 amide bonds. The van der Waals surface area contributed by atoms with Gasteiger partial charge < -0.3 is 4.74 Å². The number of hydrogen-bond donors (Lipinski definition) is 0. The summed E-state index contributed by atoms with van der Waals surface area (Å²) in [5, 5.41) is 4.31. The molecular weight excluding hydrogens is 337 g/mol. The molecule has 1 fully saturated rings. The van der Waals surface area contributed by atoms with Crippen molar-refractivity contribution in [3.63, 3.8) is 0 Å². The van der Waals surface area contributed by atoms with Crippen LogP contribution in [0.4, 0.5) is 4.39 Å². The number of aromatic nitrogens is 5. The Hall–Kier alpha value is -3.16. The summed E-state index contributed by atoms with van der Waals surface area (Å²) in [6.45, 7) is 0.769. The van der Waals surface area contributed by atoms with Gasteiger partial charge in [-0.15, -0.1) is 0 Å². The van der Waals surface area contributed by atoms with E-state index in [1.807, 2.05) is 0 Å². The Labute approximate surface area is 148 Å². The van der Waals surface area contributed by atoms with Gasteiger partial charge in [0.15, 0.2) is 0 Å². The minimum Gasteiger partial charge on any atom is -0.463 e. The van der Waals surface area contributed by atoms with E-state index in [4.69, 9.17) is 4.74 Å². The molecule has 7 nitrogen and oxygen atoms in total. The number of nitrogens with zero attached hydrogens (tertiary/aromatic N) is 5. The summed E-state index contributed by atoms with van der Waals surface area (Å²) in [6.07, 6.45) is 8.22. The number of pyridine rings is 1. The Bertz CT molecular complexity index is 970. The third kappa shape index (κ3) is 3.90. The van der Waals surface area contributed by atoms with Gasteiger partial charge in [0.2, 0.25) is 0 Å². The van der Waals surface area contributed by atoms with Crippen LogP contribution in [0.5, 0.6) is 6.01 Å². The number of rotatable bonds is 6. The molecule has 26 heavy (non-hydrogen) atoms. The van der Waals surface area contributed by atoms with Crippen LogP contribution in [0.3, 0.4) is 0 Å². The molecule has 3 aromatic heterocycles. The van der Waals surface area contributed by atoms with Crippen LogP contribution < -0.4 is 10.3 Å². The number of hydrogen-bond acceptors (Lipinski definition) is 6. The number of halogens is 1. The van der Waals surface area contributed by atoms with Gasteiger partial charge in [0.05, 0.1) is 25.0 Å². The summed E-state index contributed by atoms with van der Waals surface area (Å²) in [4.78, 5) is 24.2. The summed E-state index contributed by atoms with van der Waals surface area (Å²) in [6, 6.07) is 4.67. The fraction of sp³-hybridized carbons (Fsp3) is 0.278. The summed E-state index contributed by atoms with van der Waals surface area (Å²) >= 11 is 0. The van der Waals surface area contributed by atoms with E-state index >= 15 is 0 Å². The first-order valence-corrected chi connectivity index (χ1v) is 8.30. The Kier molecular flexibility index (Phi) is 4.39. The first-order valence-electron chi connectivity index (χ1n) is 8.30. The van der Waals surface area contributed by atoms with Crippen molar-refractivity contribution < 1.29 is 9.13 Å². The highest BCUT2D eigenvalue weighted by Crippen LogP contribution is 2.29. The highest BCUT2D eigenvalue weighted by Gasteiger charge is 2.22. The predicted molar refractivity (Wildman–Crippen MR) is 91.0 cm³/mol. The molecule has 0 unspecified atom stereocenters. The van der Waals surface area contributed by atoms with Crippen LogP contribution in [0.2, 0.25) is 0 Å². The average Bonchev–Trinajstić information content (AvgIpc) is 3.47. The lowest BCUT2D eigenvalue weighted by atomic mass is 10.2. The molecule has 4 rings (SSSR count). The highest BCUT2D eigenvalue weighted by atomic mass is 19.1. The first-order chi connectivity index (χ1) is 12.7. The van der Waals surface area contributed by atoms with Crippen LogP contribution in [0.25, 0.3) is 11.3 Å². The van der Waals surface area contributed by atoms with Crippen molar-refractivity contribution in [2.24, 2.45) is 5.92 Å². The molecule has 0 aromatic carbocycles. The van der Waals surface area contributed by atoms with E-state index in [1.165, 1.54) is 35.9 Å². The van der Waals surface area contributed by atoms with Gasteiger partial charge in [-0.3, -0.25) is 9.78 Å². The quantitative estimate of drug-likeness (QED) is 0.675. The van der Waals surface area contributed by atoms with Crippen molar-refractivity contribution in [3.05, 3.63) is 64.7 Å². The van der Waals surface area contributed by atoms with E-state index in [9.17, 15) is 9.18 Å². The van der Waals surface area contributed by atoms with Gasteiger partial charge in [0.1, 0.15) is 5.82 Å². The van der Waals surface area contributed by atoms with E-state index in [2.05, 4.69) is 20.1 Å². The molecule has 3 aromatic rings. The summed E-state index contributed by atoms with van der Waals surface area (Å²) in [5.74, 6) is 0.169. The second kappa shape index (κ2) is 6.99. The smallest absolute Gasteiger partial charge is 0.316 e. The second-order valence-electron chi connectivity index (χ2n) is 6.23. The fourth-order valence-electron chi connectivity index (χ4n) is 2.43. The lowest BCUT2D eigenvalue weighted by Gasteiger charge is -2.08. The molecule has 0 atom stereocenters. The molecule has 0 saturated heterocycles. The van der Waals surface area contributed by atoms with Crippen molar-refractivity contribution in [3.8, 4) is 17.3 Å². The zero-order valence-corrected chi connectivity index (χ0v) is 13.9. The van der Waals surface area contributed by atoms with Crippen molar-refractivity contribution in [2.75, 3.05) is 6.61 Å². The van der Waals surface area contributed by atoms with Crippen LogP contribution in [0.15, 0.2) is 47.8 Å². The monoisotopic (exact) mass is 353 g/mol. The van der Waals surface area contributed by atoms with E-state index in [0.717, 1.165) is 6.20 Å². The molecule has 1 aliphatic rings. The number of ether oxygens (including phenoxy) is 1. The predicted octanol–water partition coefficient (Wildman–Crippen LogP) is 2.07. The van der Waals surface area contributed by atoms with E-state index < -0.39 is 5.82 Å². The third-order valence-electron chi connectivity index (χ3n) is 4.03. The maximum absolute atomic E-state index is 13.3. The second-order valence-corrected chi connectivity index (χ2v) is 6.23. The summed E-state index contributed by atoms with van der Waals surface area (Å²) in [7, 11) is 0. The summed E-state index contributed by atoms with van der Waals surface area (Å²) in [5.41, 5.74) is 1.47. The zero-order valence-electron chi connectivity index (χ0n) is 13.9. The Morgan fingerprint density at radius 3 is 2.69 bits per heavy atom. The lowest BCUT2D eigenvalue weighted by Crippen LogP contribution is -2.23. The standard InChI is InChI=1S/C18H16FN5O2/c19-15-5-13(6-20-9-15)10-24-17(25)4-3-16(23-24)14-7-21-18(22-8-14)26-11-12-1-2-12/h3-9,12H,1-2,10-11H2. The molecule has 132 valence electrons. The molecule has 1 aliphatic carbocycles. The average molecular weight is 353 g/mol. The third-order valence-corrected chi connectivity index (χ3v) is 4.03. The minimum atomic E-state index is -0.457. The first kappa shape index (κ1) is 16.3. The van der Waals surface area contributed by atoms with Crippen molar-refractivity contribution in [1.29, 1.82) is 0 Å². The summed E-state index contributed by atoms with van der Waals surface area (Å²) < 4.78 is 20.0. The molecular formula is C18H16FN5O2. The Morgan fingerprint density at radius 2 is 1.96 bits per heavy atom. The van der Waals surface area contributed by atoms with Gasteiger partial charge in [-0.25, -0.2) is 19.0 Å². The van der Waals surface area contributed by atoms with Gasteiger partial charge in [-0.1, -0.05) is 0 Å². The molecule has 0 radical (unpaired) electrons. The van der Waals surface area contributed by atoms with Gasteiger partial charge in [0, 0.05) is 30.2 Å². The maximum atomic E-state index is 13.3. The molecule has 0 bridgehead atoms. The highest BCUT2D eigenvalue weighted by molar-refractivity contribution is 5.55. The van der Waals surface area contributed by atoms with Gasteiger partial charge in [-0.2, -0.15) is 5.10 Å². The topological polar surface area (TPSA) is 82.8 Å². The largest absolute Gasteiger partial charge is 0.463 e.